The number of aryl methyl sites for hydroxylation is 1. The molecular weight excluding hydrogens is 417 g/mol. The number of anilines is 1. The number of benzene rings is 2. The van der Waals surface area contributed by atoms with E-state index in [1.807, 2.05) is 34.9 Å². The Bertz CT molecular complexity index is 1170. The molecule has 7 nitrogen and oxygen atoms in total. The van der Waals surface area contributed by atoms with Crippen molar-refractivity contribution in [1.29, 1.82) is 0 Å². The maximum atomic E-state index is 13.4. The Morgan fingerprint density at radius 2 is 1.90 bits per heavy atom. The van der Waals surface area contributed by atoms with E-state index in [9.17, 15) is 9.18 Å². The molecule has 0 fully saturated rings. The van der Waals surface area contributed by atoms with Gasteiger partial charge in [0.25, 0.3) is 0 Å². The van der Waals surface area contributed by atoms with E-state index in [-0.39, 0.29) is 11.7 Å². The van der Waals surface area contributed by atoms with Crippen LogP contribution in [0.2, 0.25) is 0 Å². The molecule has 4 aromatic rings. The summed E-state index contributed by atoms with van der Waals surface area (Å²) < 4.78 is 20.4. The van der Waals surface area contributed by atoms with Crippen molar-refractivity contribution in [3.63, 3.8) is 0 Å². The van der Waals surface area contributed by atoms with Crippen LogP contribution in [0.25, 0.3) is 11.4 Å². The van der Waals surface area contributed by atoms with Crippen LogP contribution in [0.15, 0.2) is 70.3 Å². The normalized spacial score (nSPS) is 12.0. The average Bonchev–Trinajstić information content (AvgIpc) is 3.35. The fraction of sp³-hybridized carbons (Fsp3) is 0.182. The molecule has 1 atom stereocenters. The summed E-state index contributed by atoms with van der Waals surface area (Å²) in [6, 6.07) is 17.6. The zero-order chi connectivity index (χ0) is 21.8. The van der Waals surface area contributed by atoms with Gasteiger partial charge in [0.15, 0.2) is 11.0 Å². The molecule has 31 heavy (non-hydrogen) atoms. The van der Waals surface area contributed by atoms with Gasteiger partial charge in [0, 0.05) is 11.6 Å². The quantitative estimate of drug-likeness (QED) is 0.427. The highest BCUT2D eigenvalue weighted by atomic mass is 32.2. The van der Waals surface area contributed by atoms with Gasteiger partial charge in [-0.25, -0.2) is 4.39 Å². The molecule has 1 amide bonds. The van der Waals surface area contributed by atoms with Crippen LogP contribution >= 0.6 is 11.8 Å². The maximum Gasteiger partial charge on any atom is 0.240 e. The monoisotopic (exact) mass is 437 g/mol. The lowest BCUT2D eigenvalue weighted by Crippen LogP contribution is -2.22. The van der Waals surface area contributed by atoms with Crippen LogP contribution in [0, 0.1) is 12.7 Å². The minimum Gasteiger partial charge on any atom is -0.338 e. The number of hydrogen-bond donors (Lipinski definition) is 1. The topological polar surface area (TPSA) is 85.8 Å². The third kappa shape index (κ3) is 5.00. The number of nitrogens with one attached hydrogen (secondary N) is 1. The van der Waals surface area contributed by atoms with Crippen molar-refractivity contribution < 1.29 is 13.7 Å². The lowest BCUT2D eigenvalue weighted by atomic mass is 10.2. The molecule has 1 unspecified atom stereocenters. The molecule has 0 aliphatic rings. The minimum atomic E-state index is -0.467. The summed E-state index contributed by atoms with van der Waals surface area (Å²) in [6.07, 6.45) is 0. The molecule has 2 aromatic carbocycles. The van der Waals surface area contributed by atoms with Gasteiger partial charge in [0.2, 0.25) is 11.8 Å². The van der Waals surface area contributed by atoms with Crippen LogP contribution in [0.1, 0.15) is 18.2 Å². The first-order chi connectivity index (χ1) is 15.0. The van der Waals surface area contributed by atoms with Gasteiger partial charge in [-0.15, -0.1) is 10.2 Å². The molecule has 2 heterocycles. The second kappa shape index (κ2) is 9.13. The molecule has 0 aliphatic carbocycles. The fourth-order valence-electron chi connectivity index (χ4n) is 2.95. The Balaban J connectivity index is 1.60. The van der Waals surface area contributed by atoms with E-state index in [1.165, 1.54) is 23.9 Å². The van der Waals surface area contributed by atoms with Crippen molar-refractivity contribution in [1.82, 2.24) is 19.9 Å². The van der Waals surface area contributed by atoms with Gasteiger partial charge in [-0.3, -0.25) is 14.7 Å². The Hall–Kier alpha value is -3.46. The zero-order valence-electron chi connectivity index (χ0n) is 16.9. The number of rotatable bonds is 7. The van der Waals surface area contributed by atoms with Gasteiger partial charge >= 0.3 is 0 Å². The summed E-state index contributed by atoms with van der Waals surface area (Å²) in [7, 11) is 0. The number of aromatic nitrogens is 4. The van der Waals surface area contributed by atoms with Crippen LogP contribution in [-0.2, 0) is 11.3 Å². The summed E-state index contributed by atoms with van der Waals surface area (Å²) in [5.74, 6) is 0.344. The molecule has 9 heteroatoms. The highest BCUT2D eigenvalue weighted by Gasteiger charge is 2.22. The molecule has 0 radical (unpaired) electrons. The zero-order valence-corrected chi connectivity index (χ0v) is 17.8. The number of carbonyl (C=O) groups is 1. The molecule has 4 rings (SSSR count). The predicted octanol–water partition coefficient (Wildman–Crippen LogP) is 4.55. The van der Waals surface area contributed by atoms with Gasteiger partial charge in [0.05, 0.1) is 17.5 Å². The standard InChI is InChI=1S/C22H20FN5O2S/c1-14-12-19(30-27-14)24-21(29)15(2)31-22-26-25-20(17-8-10-18(23)11-9-17)28(22)13-16-6-4-3-5-7-16/h3-12,15H,13H2,1-2H3,(H,24,29). The van der Waals surface area contributed by atoms with Crippen LogP contribution in [0.3, 0.4) is 0 Å². The summed E-state index contributed by atoms with van der Waals surface area (Å²) in [5, 5.41) is 15.2. The van der Waals surface area contributed by atoms with Crippen molar-refractivity contribution in [2.75, 3.05) is 5.32 Å². The first-order valence-electron chi connectivity index (χ1n) is 9.63. The number of thioether (sulfide) groups is 1. The second-order valence-electron chi connectivity index (χ2n) is 6.97. The molecule has 0 aliphatic heterocycles. The molecule has 1 N–H and O–H groups in total. The maximum absolute atomic E-state index is 13.4. The second-order valence-corrected chi connectivity index (χ2v) is 8.27. The SMILES string of the molecule is Cc1cc(NC(=O)C(C)Sc2nnc(-c3ccc(F)cc3)n2Cc2ccccc2)on1. The highest BCUT2D eigenvalue weighted by Crippen LogP contribution is 2.28. The van der Waals surface area contributed by atoms with E-state index in [0.717, 1.165) is 11.1 Å². The molecule has 0 spiro atoms. The van der Waals surface area contributed by atoms with Gasteiger partial charge in [0.1, 0.15) is 5.82 Å². The van der Waals surface area contributed by atoms with Crippen LogP contribution in [0.4, 0.5) is 10.3 Å². The lowest BCUT2D eigenvalue weighted by molar-refractivity contribution is -0.115. The number of amides is 1. The van der Waals surface area contributed by atoms with E-state index in [2.05, 4.69) is 20.7 Å². The van der Waals surface area contributed by atoms with Crippen LogP contribution in [-0.4, -0.2) is 31.1 Å². The number of carbonyl (C=O) groups excluding carboxylic acids is 1. The summed E-state index contributed by atoms with van der Waals surface area (Å²) >= 11 is 1.28. The van der Waals surface area contributed by atoms with Crippen LogP contribution < -0.4 is 5.32 Å². The molecule has 2 aromatic heterocycles. The number of halogens is 1. The highest BCUT2D eigenvalue weighted by molar-refractivity contribution is 8.00. The van der Waals surface area contributed by atoms with Crippen LogP contribution in [0.5, 0.6) is 0 Å². The molecule has 0 saturated heterocycles. The Labute approximate surface area is 182 Å². The van der Waals surface area contributed by atoms with Crippen molar-refractivity contribution in [3.05, 3.63) is 77.7 Å². The lowest BCUT2D eigenvalue weighted by Gasteiger charge is -2.13. The van der Waals surface area contributed by atoms with E-state index >= 15 is 0 Å². The van der Waals surface area contributed by atoms with Gasteiger partial charge in [-0.2, -0.15) is 0 Å². The van der Waals surface area contributed by atoms with Gasteiger partial charge in [-0.05, 0) is 43.7 Å². The van der Waals surface area contributed by atoms with Crippen molar-refractivity contribution in [2.24, 2.45) is 0 Å². The molecule has 0 bridgehead atoms. The summed E-state index contributed by atoms with van der Waals surface area (Å²) in [4.78, 5) is 12.6. The van der Waals surface area contributed by atoms with Gasteiger partial charge in [-0.1, -0.05) is 47.3 Å². The number of nitrogens with zero attached hydrogens (tertiary/aromatic N) is 4. The summed E-state index contributed by atoms with van der Waals surface area (Å²) in [5.41, 5.74) is 2.48. The van der Waals surface area contributed by atoms with Crippen molar-refractivity contribution >= 4 is 23.6 Å². The largest absolute Gasteiger partial charge is 0.338 e. The van der Waals surface area contributed by atoms with E-state index in [1.54, 1.807) is 32.0 Å². The Morgan fingerprint density at radius 1 is 1.16 bits per heavy atom. The first kappa shape index (κ1) is 20.8. The van der Waals surface area contributed by atoms with E-state index in [4.69, 9.17) is 4.52 Å². The van der Waals surface area contributed by atoms with E-state index < -0.39 is 5.25 Å². The smallest absolute Gasteiger partial charge is 0.240 e. The molecule has 0 saturated carbocycles. The number of hydrogen-bond acceptors (Lipinski definition) is 6. The molecular formula is C22H20FN5O2S. The van der Waals surface area contributed by atoms with Crippen molar-refractivity contribution in [2.45, 2.75) is 30.8 Å². The fourth-order valence-corrected chi connectivity index (χ4v) is 3.80. The average molecular weight is 438 g/mol. The molecule has 158 valence electrons. The minimum absolute atomic E-state index is 0.237. The van der Waals surface area contributed by atoms with Gasteiger partial charge < -0.3 is 4.52 Å². The Kier molecular flexibility index (Phi) is 6.13. The predicted molar refractivity (Wildman–Crippen MR) is 116 cm³/mol. The van der Waals surface area contributed by atoms with Crippen molar-refractivity contribution in [3.8, 4) is 11.4 Å². The Morgan fingerprint density at radius 3 is 2.58 bits per heavy atom. The van der Waals surface area contributed by atoms with E-state index in [0.29, 0.717) is 29.1 Å². The third-order valence-corrected chi connectivity index (χ3v) is 5.61. The third-order valence-electron chi connectivity index (χ3n) is 4.53. The first-order valence-corrected chi connectivity index (χ1v) is 10.5. The summed E-state index contributed by atoms with van der Waals surface area (Å²) in [6.45, 7) is 4.07.